The summed E-state index contributed by atoms with van der Waals surface area (Å²) in [5.41, 5.74) is 0.387. The highest BCUT2D eigenvalue weighted by Gasteiger charge is 2.23. The number of amides is 1. The second kappa shape index (κ2) is 5.96. The molecule has 21 heavy (non-hydrogen) atoms. The van der Waals surface area contributed by atoms with Crippen LogP contribution in [0.3, 0.4) is 0 Å². The van der Waals surface area contributed by atoms with Crippen LogP contribution in [-0.4, -0.2) is 62.1 Å². The number of rotatable bonds is 3. The predicted octanol–water partition coefficient (Wildman–Crippen LogP) is 0.126. The molecule has 3 heterocycles. The Morgan fingerprint density at radius 1 is 1.24 bits per heavy atom. The van der Waals surface area contributed by atoms with E-state index in [1.165, 1.54) is 12.4 Å². The molecular formula is C13H16N6O2. The smallest absolute Gasteiger partial charge is 0.274 e. The van der Waals surface area contributed by atoms with Crippen molar-refractivity contribution < 1.29 is 9.21 Å². The average molecular weight is 288 g/mol. The van der Waals surface area contributed by atoms with Crippen LogP contribution in [0.25, 0.3) is 0 Å². The summed E-state index contributed by atoms with van der Waals surface area (Å²) in [6.45, 7) is 5.24. The van der Waals surface area contributed by atoms with Gasteiger partial charge in [0.2, 0.25) is 11.8 Å². The molecule has 1 aliphatic heterocycles. The predicted molar refractivity (Wildman–Crippen MR) is 72.2 cm³/mol. The van der Waals surface area contributed by atoms with Crippen LogP contribution in [-0.2, 0) is 6.54 Å². The van der Waals surface area contributed by atoms with Crippen LogP contribution < -0.4 is 0 Å². The second-order valence-corrected chi connectivity index (χ2v) is 4.87. The average Bonchev–Trinajstić information content (AvgIpc) is 2.93. The fourth-order valence-electron chi connectivity index (χ4n) is 2.27. The summed E-state index contributed by atoms with van der Waals surface area (Å²) >= 11 is 0. The van der Waals surface area contributed by atoms with Gasteiger partial charge >= 0.3 is 0 Å². The van der Waals surface area contributed by atoms with Gasteiger partial charge < -0.3 is 9.32 Å². The molecule has 110 valence electrons. The van der Waals surface area contributed by atoms with Crippen molar-refractivity contribution in [2.75, 3.05) is 26.2 Å². The minimum absolute atomic E-state index is 0.0728. The van der Waals surface area contributed by atoms with E-state index in [9.17, 15) is 4.79 Å². The molecule has 2 aromatic heterocycles. The highest BCUT2D eigenvalue weighted by Crippen LogP contribution is 2.09. The molecule has 1 saturated heterocycles. The fraction of sp³-hybridized carbons (Fsp3) is 0.462. The Kier molecular flexibility index (Phi) is 3.87. The minimum atomic E-state index is -0.0728. The van der Waals surface area contributed by atoms with E-state index in [1.807, 2.05) is 0 Å². The van der Waals surface area contributed by atoms with Gasteiger partial charge in [-0.15, -0.1) is 10.2 Å². The van der Waals surface area contributed by atoms with E-state index in [1.54, 1.807) is 18.0 Å². The molecule has 3 rings (SSSR count). The zero-order valence-electron chi connectivity index (χ0n) is 11.8. The first-order valence-electron chi connectivity index (χ1n) is 6.79. The molecule has 0 atom stereocenters. The molecule has 0 unspecified atom stereocenters. The molecular weight excluding hydrogens is 272 g/mol. The van der Waals surface area contributed by atoms with Crippen LogP contribution in [0.5, 0.6) is 0 Å². The van der Waals surface area contributed by atoms with Crippen molar-refractivity contribution in [2.24, 2.45) is 0 Å². The van der Waals surface area contributed by atoms with E-state index in [0.717, 1.165) is 13.1 Å². The second-order valence-electron chi connectivity index (χ2n) is 4.87. The Balaban J connectivity index is 1.54. The maximum atomic E-state index is 12.2. The summed E-state index contributed by atoms with van der Waals surface area (Å²) in [5.74, 6) is 1.11. The highest BCUT2D eigenvalue weighted by molar-refractivity contribution is 5.92. The van der Waals surface area contributed by atoms with Gasteiger partial charge in [-0.3, -0.25) is 14.7 Å². The largest absolute Gasteiger partial charge is 0.424 e. The van der Waals surface area contributed by atoms with Crippen LogP contribution in [0.2, 0.25) is 0 Å². The summed E-state index contributed by atoms with van der Waals surface area (Å²) in [7, 11) is 0. The molecule has 1 fully saturated rings. The SMILES string of the molecule is Cc1nnc(CN2CCN(C(=O)c3cnccn3)CC2)o1. The Morgan fingerprint density at radius 3 is 2.67 bits per heavy atom. The molecule has 0 N–H and O–H groups in total. The molecule has 0 bridgehead atoms. The lowest BCUT2D eigenvalue weighted by Gasteiger charge is -2.33. The normalized spacial score (nSPS) is 16.1. The maximum Gasteiger partial charge on any atom is 0.274 e. The summed E-state index contributed by atoms with van der Waals surface area (Å²) in [4.78, 5) is 24.2. The summed E-state index contributed by atoms with van der Waals surface area (Å²) in [6, 6.07) is 0. The van der Waals surface area contributed by atoms with Crippen LogP contribution in [0, 0.1) is 6.92 Å². The molecule has 0 saturated carbocycles. The molecule has 0 aromatic carbocycles. The Morgan fingerprint density at radius 2 is 2.05 bits per heavy atom. The number of carbonyl (C=O) groups excluding carboxylic acids is 1. The Hall–Kier alpha value is -2.35. The Bertz CT molecular complexity index is 606. The van der Waals surface area contributed by atoms with Gasteiger partial charge in [0.1, 0.15) is 5.69 Å². The van der Waals surface area contributed by atoms with Crippen molar-refractivity contribution in [3.05, 3.63) is 36.1 Å². The molecule has 1 aliphatic rings. The van der Waals surface area contributed by atoms with E-state index >= 15 is 0 Å². The number of aryl methyl sites for hydroxylation is 1. The molecule has 8 nitrogen and oxygen atoms in total. The summed E-state index contributed by atoms with van der Waals surface area (Å²) in [5, 5.41) is 7.80. The van der Waals surface area contributed by atoms with E-state index in [4.69, 9.17) is 4.42 Å². The molecule has 0 spiro atoms. The third-order valence-corrected chi connectivity index (χ3v) is 3.37. The van der Waals surface area contributed by atoms with E-state index in [-0.39, 0.29) is 5.91 Å². The maximum absolute atomic E-state index is 12.2. The van der Waals surface area contributed by atoms with Gasteiger partial charge in [0.25, 0.3) is 5.91 Å². The lowest BCUT2D eigenvalue weighted by atomic mass is 10.3. The molecule has 8 heteroatoms. The van der Waals surface area contributed by atoms with Crippen molar-refractivity contribution in [3.63, 3.8) is 0 Å². The van der Waals surface area contributed by atoms with Gasteiger partial charge in [-0.1, -0.05) is 0 Å². The number of aromatic nitrogens is 4. The lowest BCUT2D eigenvalue weighted by molar-refractivity contribution is 0.0611. The zero-order valence-corrected chi connectivity index (χ0v) is 11.8. The van der Waals surface area contributed by atoms with Crippen molar-refractivity contribution in [3.8, 4) is 0 Å². The van der Waals surface area contributed by atoms with Gasteiger partial charge in [0, 0.05) is 45.5 Å². The fourth-order valence-corrected chi connectivity index (χ4v) is 2.27. The summed E-state index contributed by atoms with van der Waals surface area (Å²) in [6.07, 6.45) is 4.58. The first-order valence-corrected chi connectivity index (χ1v) is 6.79. The lowest BCUT2D eigenvalue weighted by Crippen LogP contribution is -2.48. The van der Waals surface area contributed by atoms with Gasteiger partial charge in [0.05, 0.1) is 12.7 Å². The quantitative estimate of drug-likeness (QED) is 0.793. The number of piperazine rings is 1. The van der Waals surface area contributed by atoms with E-state index in [2.05, 4.69) is 25.1 Å². The molecule has 2 aromatic rings. The van der Waals surface area contributed by atoms with Gasteiger partial charge in [-0.2, -0.15) is 0 Å². The van der Waals surface area contributed by atoms with Crippen molar-refractivity contribution in [1.29, 1.82) is 0 Å². The number of carbonyl (C=O) groups is 1. The monoisotopic (exact) mass is 288 g/mol. The van der Waals surface area contributed by atoms with E-state index < -0.39 is 0 Å². The van der Waals surface area contributed by atoms with Crippen molar-refractivity contribution in [1.82, 2.24) is 30.0 Å². The van der Waals surface area contributed by atoms with Crippen LogP contribution in [0.1, 0.15) is 22.3 Å². The first-order chi connectivity index (χ1) is 10.2. The Labute approximate surface area is 121 Å². The van der Waals surface area contributed by atoms with Crippen molar-refractivity contribution in [2.45, 2.75) is 13.5 Å². The molecule has 1 amide bonds. The molecule has 0 aliphatic carbocycles. The minimum Gasteiger partial charge on any atom is -0.424 e. The summed E-state index contributed by atoms with van der Waals surface area (Å²) < 4.78 is 5.37. The standard InChI is InChI=1S/C13H16N6O2/c1-10-16-17-12(21-10)9-18-4-6-19(7-5-18)13(20)11-8-14-2-3-15-11/h2-3,8H,4-7,9H2,1H3. The topological polar surface area (TPSA) is 88.3 Å². The third kappa shape index (κ3) is 3.22. The van der Waals surface area contributed by atoms with Crippen LogP contribution in [0.15, 0.2) is 23.0 Å². The third-order valence-electron chi connectivity index (χ3n) is 3.37. The number of nitrogens with zero attached hydrogens (tertiary/aromatic N) is 6. The van der Waals surface area contributed by atoms with Gasteiger partial charge in [0.15, 0.2) is 0 Å². The van der Waals surface area contributed by atoms with Crippen LogP contribution >= 0.6 is 0 Å². The first kappa shape index (κ1) is 13.6. The van der Waals surface area contributed by atoms with E-state index in [0.29, 0.717) is 37.1 Å². The van der Waals surface area contributed by atoms with Crippen LogP contribution in [0.4, 0.5) is 0 Å². The highest BCUT2D eigenvalue weighted by atomic mass is 16.4. The van der Waals surface area contributed by atoms with Crippen molar-refractivity contribution >= 4 is 5.91 Å². The van der Waals surface area contributed by atoms with Gasteiger partial charge in [-0.05, 0) is 0 Å². The van der Waals surface area contributed by atoms with Gasteiger partial charge in [-0.25, -0.2) is 4.98 Å². The number of hydrogen-bond donors (Lipinski definition) is 0. The number of hydrogen-bond acceptors (Lipinski definition) is 7. The zero-order chi connectivity index (χ0) is 14.7. The molecule has 0 radical (unpaired) electrons.